The van der Waals surface area contributed by atoms with E-state index in [2.05, 4.69) is 44.7 Å². The standard InChI is InChI=1S/C18H22O.2C2H6.C2H2/c1-5-14(2)15(3)16-8-6-9-17(12-16)19-13-18(4)10-7-11-18;3*1-2/h1,6,8-9,12H,7,10-11,13H2,2-4H3;2*1-2H3;1-2H/b15-14-;;;. The van der Waals surface area contributed by atoms with Crippen LogP contribution in [0.2, 0.25) is 0 Å². The van der Waals surface area contributed by atoms with Crippen LogP contribution in [0.15, 0.2) is 29.8 Å². The van der Waals surface area contributed by atoms with Crippen LogP contribution in [0.5, 0.6) is 5.75 Å². The molecule has 138 valence electrons. The van der Waals surface area contributed by atoms with Crippen LogP contribution in [-0.4, -0.2) is 6.61 Å². The van der Waals surface area contributed by atoms with Gasteiger partial charge < -0.3 is 4.74 Å². The Bertz CT molecular complexity index is 565. The minimum Gasteiger partial charge on any atom is -0.493 e. The topological polar surface area (TPSA) is 9.23 Å². The van der Waals surface area contributed by atoms with Crippen LogP contribution in [0.3, 0.4) is 0 Å². The van der Waals surface area contributed by atoms with Crippen molar-refractivity contribution in [2.75, 3.05) is 6.61 Å². The number of hydrogen-bond acceptors (Lipinski definition) is 1. The van der Waals surface area contributed by atoms with Crippen molar-refractivity contribution in [3.63, 3.8) is 0 Å². The third-order valence-corrected chi connectivity index (χ3v) is 4.19. The molecule has 2 rings (SSSR count). The number of terminal acetylenes is 2. The molecular weight excluding hydrogens is 304 g/mol. The second kappa shape index (κ2) is 14.2. The summed E-state index contributed by atoms with van der Waals surface area (Å²) in [5.41, 5.74) is 3.65. The molecule has 0 aliphatic heterocycles. The smallest absolute Gasteiger partial charge is 0.119 e. The second-order valence-corrected chi connectivity index (χ2v) is 5.88. The van der Waals surface area contributed by atoms with Gasteiger partial charge in [0.25, 0.3) is 0 Å². The van der Waals surface area contributed by atoms with Crippen molar-refractivity contribution in [3.05, 3.63) is 35.4 Å². The van der Waals surface area contributed by atoms with Gasteiger partial charge in [0.2, 0.25) is 0 Å². The summed E-state index contributed by atoms with van der Waals surface area (Å²) >= 11 is 0. The molecule has 1 nitrogen and oxygen atoms in total. The first-order valence-corrected chi connectivity index (χ1v) is 9.25. The van der Waals surface area contributed by atoms with E-state index in [9.17, 15) is 0 Å². The molecule has 0 spiro atoms. The monoisotopic (exact) mass is 340 g/mol. The summed E-state index contributed by atoms with van der Waals surface area (Å²) in [6.45, 7) is 15.1. The van der Waals surface area contributed by atoms with Crippen LogP contribution in [0, 0.1) is 30.6 Å². The number of ether oxygens (including phenoxy) is 1. The van der Waals surface area contributed by atoms with Gasteiger partial charge in [0.1, 0.15) is 5.75 Å². The number of benzene rings is 1. The Morgan fingerprint density at radius 3 is 2.12 bits per heavy atom. The lowest BCUT2D eigenvalue weighted by Gasteiger charge is -2.37. The molecule has 0 bridgehead atoms. The molecule has 1 aromatic carbocycles. The summed E-state index contributed by atoms with van der Waals surface area (Å²) in [5.74, 6) is 3.64. The summed E-state index contributed by atoms with van der Waals surface area (Å²) in [6, 6.07) is 8.21. The molecule has 1 aliphatic rings. The Balaban J connectivity index is 0. The fraction of sp³-hybridized carbons (Fsp3) is 0.500. The maximum atomic E-state index is 5.94. The first-order valence-electron chi connectivity index (χ1n) is 9.25. The van der Waals surface area contributed by atoms with E-state index in [1.54, 1.807) is 0 Å². The molecule has 1 saturated carbocycles. The normalized spacial score (nSPS) is 14.2. The zero-order valence-corrected chi connectivity index (χ0v) is 17.3. The number of allylic oxidation sites excluding steroid dienone is 2. The summed E-state index contributed by atoms with van der Waals surface area (Å²) in [6.07, 6.45) is 17.3. The Morgan fingerprint density at radius 2 is 1.68 bits per heavy atom. The first-order chi connectivity index (χ1) is 12.0. The summed E-state index contributed by atoms with van der Waals surface area (Å²) in [5, 5.41) is 0. The third kappa shape index (κ3) is 8.51. The molecule has 1 aromatic rings. The fourth-order valence-corrected chi connectivity index (χ4v) is 2.33. The van der Waals surface area contributed by atoms with Crippen molar-refractivity contribution in [1.82, 2.24) is 0 Å². The molecule has 25 heavy (non-hydrogen) atoms. The Hall–Kier alpha value is -2.12. The lowest BCUT2D eigenvalue weighted by Crippen LogP contribution is -2.32. The molecule has 0 aromatic heterocycles. The first kappa shape index (κ1) is 25.1. The van der Waals surface area contributed by atoms with Gasteiger partial charge in [-0.1, -0.05) is 59.1 Å². The highest BCUT2D eigenvalue weighted by atomic mass is 16.5. The zero-order valence-electron chi connectivity index (χ0n) is 17.3. The highest BCUT2D eigenvalue weighted by Crippen LogP contribution is 2.40. The quantitative estimate of drug-likeness (QED) is 0.537. The fourth-order valence-electron chi connectivity index (χ4n) is 2.33. The predicted molar refractivity (Wildman–Crippen MR) is 114 cm³/mol. The van der Waals surface area contributed by atoms with Crippen molar-refractivity contribution < 1.29 is 4.74 Å². The van der Waals surface area contributed by atoms with Gasteiger partial charge in [-0.3, -0.25) is 0 Å². The van der Waals surface area contributed by atoms with E-state index in [1.165, 1.54) is 19.3 Å². The van der Waals surface area contributed by atoms with Crippen LogP contribution < -0.4 is 4.74 Å². The van der Waals surface area contributed by atoms with Crippen molar-refractivity contribution in [2.24, 2.45) is 5.41 Å². The molecule has 0 N–H and O–H groups in total. The Labute approximate surface area is 156 Å². The van der Waals surface area contributed by atoms with Gasteiger partial charge in [-0.15, -0.1) is 19.3 Å². The minimum atomic E-state index is 0.385. The van der Waals surface area contributed by atoms with E-state index in [0.29, 0.717) is 5.41 Å². The van der Waals surface area contributed by atoms with Gasteiger partial charge >= 0.3 is 0 Å². The lowest BCUT2D eigenvalue weighted by molar-refractivity contribution is 0.0776. The van der Waals surface area contributed by atoms with Crippen LogP contribution in [0.25, 0.3) is 5.57 Å². The summed E-state index contributed by atoms with van der Waals surface area (Å²) in [4.78, 5) is 0. The number of hydrogen-bond donors (Lipinski definition) is 0. The zero-order chi connectivity index (χ0) is 19.9. The van der Waals surface area contributed by atoms with E-state index in [0.717, 1.165) is 29.1 Å². The molecular formula is C24H36O. The van der Waals surface area contributed by atoms with Crippen LogP contribution >= 0.6 is 0 Å². The van der Waals surface area contributed by atoms with Gasteiger partial charge in [-0.2, -0.15) is 0 Å². The average molecular weight is 341 g/mol. The SMILES string of the molecule is C#C.C#C/C(C)=C(/C)c1cccc(OCC2(C)CCC2)c1.CC.CC. The molecule has 0 radical (unpaired) electrons. The van der Waals surface area contributed by atoms with Crippen molar-refractivity contribution in [2.45, 2.75) is 67.7 Å². The van der Waals surface area contributed by atoms with E-state index < -0.39 is 0 Å². The highest BCUT2D eigenvalue weighted by Gasteiger charge is 2.32. The molecule has 0 atom stereocenters. The van der Waals surface area contributed by atoms with E-state index in [4.69, 9.17) is 11.2 Å². The third-order valence-electron chi connectivity index (χ3n) is 4.19. The molecule has 0 unspecified atom stereocenters. The second-order valence-electron chi connectivity index (χ2n) is 5.88. The van der Waals surface area contributed by atoms with Gasteiger partial charge in [0, 0.05) is 11.0 Å². The Kier molecular flexibility index (Phi) is 14.3. The van der Waals surface area contributed by atoms with Gasteiger partial charge in [0.15, 0.2) is 0 Å². The molecule has 1 aliphatic carbocycles. The summed E-state index contributed by atoms with van der Waals surface area (Å²) in [7, 11) is 0. The minimum absolute atomic E-state index is 0.385. The maximum Gasteiger partial charge on any atom is 0.119 e. The molecule has 1 fully saturated rings. The Morgan fingerprint density at radius 1 is 1.12 bits per heavy atom. The molecule has 0 heterocycles. The van der Waals surface area contributed by atoms with Gasteiger partial charge in [-0.05, 0) is 50.0 Å². The number of rotatable bonds is 4. The lowest BCUT2D eigenvalue weighted by atomic mass is 9.71. The highest BCUT2D eigenvalue weighted by molar-refractivity contribution is 5.70. The molecule has 1 heteroatoms. The van der Waals surface area contributed by atoms with E-state index in [1.807, 2.05) is 46.8 Å². The van der Waals surface area contributed by atoms with Gasteiger partial charge in [-0.25, -0.2) is 0 Å². The van der Waals surface area contributed by atoms with E-state index >= 15 is 0 Å². The van der Waals surface area contributed by atoms with Crippen LogP contribution in [0.1, 0.15) is 73.3 Å². The van der Waals surface area contributed by atoms with Crippen LogP contribution in [0.4, 0.5) is 0 Å². The largest absolute Gasteiger partial charge is 0.493 e. The van der Waals surface area contributed by atoms with Crippen molar-refractivity contribution >= 4 is 5.57 Å². The molecule has 0 saturated heterocycles. The predicted octanol–water partition coefficient (Wildman–Crippen LogP) is 6.98. The van der Waals surface area contributed by atoms with Crippen molar-refractivity contribution in [3.8, 4) is 30.9 Å². The maximum absolute atomic E-state index is 5.94. The summed E-state index contributed by atoms with van der Waals surface area (Å²) < 4.78 is 5.94. The molecule has 0 amide bonds. The average Bonchev–Trinajstić information content (AvgIpc) is 2.68. The van der Waals surface area contributed by atoms with E-state index in [-0.39, 0.29) is 0 Å². The van der Waals surface area contributed by atoms with Crippen molar-refractivity contribution in [1.29, 1.82) is 0 Å². The van der Waals surface area contributed by atoms with Crippen LogP contribution in [-0.2, 0) is 0 Å². The van der Waals surface area contributed by atoms with Gasteiger partial charge in [0.05, 0.1) is 6.61 Å².